The molecule has 1 N–H and O–H groups in total. The normalized spacial score (nSPS) is 15.5. The van der Waals surface area contributed by atoms with Crippen LogP contribution in [0.3, 0.4) is 0 Å². The molecule has 14 heavy (non-hydrogen) atoms. The quantitative estimate of drug-likeness (QED) is 0.774. The lowest BCUT2D eigenvalue weighted by Crippen LogP contribution is -2.34. The maximum Gasteiger partial charge on any atom is 0.271 e. The summed E-state index contributed by atoms with van der Waals surface area (Å²) in [6, 6.07) is 7.86. The van der Waals surface area contributed by atoms with Crippen molar-refractivity contribution in [2.24, 2.45) is 0 Å². The van der Waals surface area contributed by atoms with Crippen LogP contribution in [0.1, 0.15) is 12.0 Å². The third-order valence-electron chi connectivity index (χ3n) is 2.11. The highest BCUT2D eigenvalue weighted by Crippen LogP contribution is 2.31. The van der Waals surface area contributed by atoms with Crippen molar-refractivity contribution in [1.82, 2.24) is 0 Å². The van der Waals surface area contributed by atoms with E-state index >= 15 is 0 Å². The maximum absolute atomic E-state index is 12.6. The van der Waals surface area contributed by atoms with Gasteiger partial charge in [-0.15, -0.1) is 11.6 Å². The van der Waals surface area contributed by atoms with E-state index in [2.05, 4.69) is 0 Å². The summed E-state index contributed by atoms with van der Waals surface area (Å²) in [6.45, 7) is 0. The summed E-state index contributed by atoms with van der Waals surface area (Å²) in [7, 11) is 0. The maximum atomic E-state index is 12.6. The van der Waals surface area contributed by atoms with Crippen molar-refractivity contribution < 1.29 is 13.9 Å². The second-order valence-electron chi connectivity index (χ2n) is 3.03. The molecule has 1 rings (SSSR count). The first-order valence-electron chi connectivity index (χ1n) is 4.23. The molecule has 0 fully saturated rings. The second kappa shape index (κ2) is 4.71. The Morgan fingerprint density at radius 1 is 1.29 bits per heavy atom. The van der Waals surface area contributed by atoms with Gasteiger partial charge < -0.3 is 5.11 Å². The minimum Gasteiger partial charge on any atom is -0.379 e. The Morgan fingerprint density at radius 2 is 1.86 bits per heavy atom. The smallest absolute Gasteiger partial charge is 0.271 e. The fourth-order valence-electron chi connectivity index (χ4n) is 1.25. The summed E-state index contributed by atoms with van der Waals surface area (Å²) >= 11 is 5.39. The monoisotopic (exact) mass is 220 g/mol. The van der Waals surface area contributed by atoms with Crippen molar-refractivity contribution in [1.29, 1.82) is 0 Å². The Kier molecular flexibility index (Phi) is 3.84. The largest absolute Gasteiger partial charge is 0.379 e. The molecule has 1 unspecified atom stereocenters. The van der Waals surface area contributed by atoms with Crippen LogP contribution < -0.4 is 0 Å². The molecule has 0 aliphatic carbocycles. The van der Waals surface area contributed by atoms with Gasteiger partial charge in [0.2, 0.25) is 0 Å². The molecule has 0 amide bonds. The van der Waals surface area contributed by atoms with E-state index in [1.165, 1.54) is 12.1 Å². The van der Waals surface area contributed by atoms with Gasteiger partial charge in [0.25, 0.3) is 6.43 Å². The molecule has 0 bridgehead atoms. The minimum atomic E-state index is -2.83. The zero-order chi connectivity index (χ0) is 10.6. The number of benzene rings is 1. The van der Waals surface area contributed by atoms with Crippen molar-refractivity contribution in [3.63, 3.8) is 0 Å². The third-order valence-corrected chi connectivity index (χ3v) is 2.30. The molecule has 78 valence electrons. The van der Waals surface area contributed by atoms with Gasteiger partial charge in [-0.2, -0.15) is 0 Å². The van der Waals surface area contributed by atoms with Gasteiger partial charge >= 0.3 is 0 Å². The average Bonchev–Trinajstić information content (AvgIpc) is 2.19. The number of hydrogen-bond donors (Lipinski definition) is 1. The van der Waals surface area contributed by atoms with Gasteiger partial charge in [0.1, 0.15) is 0 Å². The molecular weight excluding hydrogens is 210 g/mol. The predicted molar refractivity (Wildman–Crippen MR) is 51.7 cm³/mol. The summed E-state index contributed by atoms with van der Waals surface area (Å²) < 4.78 is 25.3. The van der Waals surface area contributed by atoms with E-state index in [-0.39, 0.29) is 17.9 Å². The van der Waals surface area contributed by atoms with Crippen LogP contribution in [0.4, 0.5) is 8.78 Å². The summed E-state index contributed by atoms with van der Waals surface area (Å²) in [5.74, 6) is -0.00423. The van der Waals surface area contributed by atoms with Crippen molar-refractivity contribution in [3.05, 3.63) is 35.9 Å². The van der Waals surface area contributed by atoms with Gasteiger partial charge in [0, 0.05) is 5.88 Å². The van der Waals surface area contributed by atoms with Crippen molar-refractivity contribution in [2.45, 2.75) is 18.4 Å². The Bertz CT molecular complexity index is 279. The third kappa shape index (κ3) is 2.22. The highest BCUT2D eigenvalue weighted by atomic mass is 35.5. The van der Waals surface area contributed by atoms with Gasteiger partial charge in [-0.25, -0.2) is 8.78 Å². The van der Waals surface area contributed by atoms with Crippen LogP contribution in [0, 0.1) is 0 Å². The lowest BCUT2D eigenvalue weighted by molar-refractivity contribution is -0.103. The summed E-state index contributed by atoms with van der Waals surface area (Å²) in [5.41, 5.74) is -1.92. The van der Waals surface area contributed by atoms with Crippen molar-refractivity contribution in [2.75, 3.05) is 5.88 Å². The highest BCUT2D eigenvalue weighted by molar-refractivity contribution is 6.17. The molecule has 0 aliphatic rings. The van der Waals surface area contributed by atoms with E-state index in [0.29, 0.717) is 0 Å². The first-order valence-corrected chi connectivity index (χ1v) is 4.76. The van der Waals surface area contributed by atoms with E-state index < -0.39 is 12.0 Å². The summed E-state index contributed by atoms with van der Waals surface area (Å²) in [4.78, 5) is 0. The number of alkyl halides is 3. The predicted octanol–water partition coefficient (Wildman–Crippen LogP) is 2.77. The first-order chi connectivity index (χ1) is 6.61. The lowest BCUT2D eigenvalue weighted by atomic mass is 9.92. The summed E-state index contributed by atoms with van der Waals surface area (Å²) in [5, 5.41) is 9.73. The zero-order valence-electron chi connectivity index (χ0n) is 7.46. The van der Waals surface area contributed by atoms with E-state index in [4.69, 9.17) is 11.6 Å². The first kappa shape index (κ1) is 11.4. The molecule has 1 aromatic carbocycles. The molecule has 0 aromatic heterocycles. The van der Waals surface area contributed by atoms with Gasteiger partial charge in [-0.1, -0.05) is 30.3 Å². The number of aliphatic hydroxyl groups is 1. The van der Waals surface area contributed by atoms with E-state index in [1.54, 1.807) is 18.2 Å². The van der Waals surface area contributed by atoms with Crippen LogP contribution in [0.25, 0.3) is 0 Å². The molecule has 0 spiro atoms. The molecule has 0 radical (unpaired) electrons. The SMILES string of the molecule is OC(CCCl)(c1ccccc1)C(F)F. The highest BCUT2D eigenvalue weighted by Gasteiger charge is 2.38. The van der Waals surface area contributed by atoms with Crippen LogP contribution >= 0.6 is 11.6 Å². The molecule has 1 nitrogen and oxygen atoms in total. The molecule has 1 atom stereocenters. The van der Waals surface area contributed by atoms with Gasteiger partial charge in [0.05, 0.1) is 0 Å². The molecular formula is C10H11ClF2O. The standard InChI is InChI=1S/C10H11ClF2O/c11-7-6-10(14,9(12)13)8-4-2-1-3-5-8/h1-5,9,14H,6-7H2. The molecule has 4 heteroatoms. The summed E-state index contributed by atoms with van der Waals surface area (Å²) in [6.07, 6.45) is -2.99. The van der Waals surface area contributed by atoms with Gasteiger partial charge in [0.15, 0.2) is 5.60 Å². The van der Waals surface area contributed by atoms with Gasteiger partial charge in [-0.3, -0.25) is 0 Å². The van der Waals surface area contributed by atoms with Crippen LogP contribution in [0.15, 0.2) is 30.3 Å². The molecule has 1 aromatic rings. The van der Waals surface area contributed by atoms with E-state index in [1.807, 2.05) is 0 Å². The fourth-order valence-corrected chi connectivity index (χ4v) is 1.54. The molecule has 0 heterocycles. The molecule has 0 saturated carbocycles. The van der Waals surface area contributed by atoms with E-state index in [0.717, 1.165) is 0 Å². The Balaban J connectivity index is 2.99. The number of hydrogen-bond acceptors (Lipinski definition) is 1. The molecule has 0 saturated heterocycles. The average molecular weight is 221 g/mol. The Hall–Kier alpha value is -0.670. The topological polar surface area (TPSA) is 20.2 Å². The van der Waals surface area contributed by atoms with Crippen molar-refractivity contribution in [3.8, 4) is 0 Å². The number of halogens is 3. The van der Waals surface area contributed by atoms with E-state index in [9.17, 15) is 13.9 Å². The van der Waals surface area contributed by atoms with Crippen LogP contribution in [0.2, 0.25) is 0 Å². The zero-order valence-corrected chi connectivity index (χ0v) is 8.22. The van der Waals surface area contributed by atoms with Crippen molar-refractivity contribution >= 4 is 11.6 Å². The second-order valence-corrected chi connectivity index (χ2v) is 3.41. The number of rotatable bonds is 4. The Labute approximate surface area is 86.3 Å². The fraction of sp³-hybridized carbons (Fsp3) is 0.400. The molecule has 0 aliphatic heterocycles. The van der Waals surface area contributed by atoms with Crippen LogP contribution in [0.5, 0.6) is 0 Å². The van der Waals surface area contributed by atoms with Gasteiger partial charge in [-0.05, 0) is 12.0 Å². The lowest BCUT2D eigenvalue weighted by Gasteiger charge is -2.26. The van der Waals surface area contributed by atoms with Crippen LogP contribution in [-0.4, -0.2) is 17.4 Å². The van der Waals surface area contributed by atoms with Crippen LogP contribution in [-0.2, 0) is 5.60 Å². The Morgan fingerprint density at radius 3 is 2.29 bits per heavy atom. The minimum absolute atomic E-state index is 0.00423.